The van der Waals surface area contributed by atoms with Crippen molar-refractivity contribution in [2.24, 2.45) is 0 Å². The lowest BCUT2D eigenvalue weighted by molar-refractivity contribution is 0.101. The van der Waals surface area contributed by atoms with Crippen LogP contribution in [0.1, 0.15) is 33.5 Å². The maximum Gasteiger partial charge on any atom is 0.231 e. The summed E-state index contributed by atoms with van der Waals surface area (Å²) in [4.78, 5) is 12.5. The Labute approximate surface area is 141 Å². The number of benzene rings is 2. The first kappa shape index (κ1) is 15.6. The van der Waals surface area contributed by atoms with E-state index in [-0.39, 0.29) is 5.78 Å². The fraction of sp³-hybridized carbons (Fsp3) is 0.150. The van der Waals surface area contributed by atoms with E-state index >= 15 is 0 Å². The maximum absolute atomic E-state index is 12.5. The number of aryl methyl sites for hydroxylation is 1. The van der Waals surface area contributed by atoms with Gasteiger partial charge in [0.15, 0.2) is 5.76 Å². The number of hydrogen-bond donors (Lipinski definition) is 0. The van der Waals surface area contributed by atoms with Crippen molar-refractivity contribution in [3.8, 4) is 5.75 Å². The normalized spacial score (nSPS) is 15.3. The van der Waals surface area contributed by atoms with E-state index in [1.165, 1.54) is 0 Å². The van der Waals surface area contributed by atoms with E-state index in [1.807, 2.05) is 68.5 Å². The smallest absolute Gasteiger partial charge is 0.231 e. The van der Waals surface area contributed by atoms with Gasteiger partial charge >= 0.3 is 0 Å². The SMILES string of the molecule is Cc1cc2c(c(C)c1Cl)C(=O)/C(=C/C/C=C/c1ccccc1)O2. The van der Waals surface area contributed by atoms with Crippen molar-refractivity contribution >= 4 is 23.5 Å². The molecule has 2 nitrogen and oxygen atoms in total. The fourth-order valence-corrected chi connectivity index (χ4v) is 2.80. The lowest BCUT2D eigenvalue weighted by Gasteiger charge is -2.05. The number of halogens is 1. The highest BCUT2D eigenvalue weighted by Gasteiger charge is 2.30. The second kappa shape index (κ2) is 6.43. The zero-order valence-corrected chi connectivity index (χ0v) is 13.9. The van der Waals surface area contributed by atoms with Crippen LogP contribution in [0, 0.1) is 13.8 Å². The number of rotatable bonds is 3. The standard InChI is InChI=1S/C20H17ClO2/c1-13-12-17-18(14(2)19(13)21)20(22)16(23-17)11-7-6-10-15-8-4-3-5-9-15/h3-6,8-12H,7H2,1-2H3/b10-6+,16-11-. The van der Waals surface area contributed by atoms with Gasteiger partial charge in [-0.3, -0.25) is 4.79 Å². The lowest BCUT2D eigenvalue weighted by Crippen LogP contribution is -2.00. The minimum Gasteiger partial charge on any atom is -0.453 e. The molecule has 0 bridgehead atoms. The Morgan fingerprint density at radius 2 is 1.91 bits per heavy atom. The van der Waals surface area contributed by atoms with Crippen LogP contribution < -0.4 is 4.74 Å². The Hall–Kier alpha value is -2.32. The van der Waals surface area contributed by atoms with Gasteiger partial charge in [-0.2, -0.15) is 0 Å². The topological polar surface area (TPSA) is 26.3 Å². The van der Waals surface area contributed by atoms with Crippen LogP contribution in [0.25, 0.3) is 6.08 Å². The molecule has 0 fully saturated rings. The number of allylic oxidation sites excluding steroid dienone is 3. The van der Waals surface area contributed by atoms with Crippen LogP contribution in [0.4, 0.5) is 0 Å². The van der Waals surface area contributed by atoms with Gasteiger partial charge in [-0.05, 0) is 49.1 Å². The molecule has 0 saturated carbocycles. The molecule has 0 amide bonds. The molecular formula is C20H17ClO2. The van der Waals surface area contributed by atoms with Crippen molar-refractivity contribution in [1.29, 1.82) is 0 Å². The largest absolute Gasteiger partial charge is 0.453 e. The molecule has 0 spiro atoms. The molecule has 1 heterocycles. The van der Waals surface area contributed by atoms with Gasteiger partial charge in [-0.15, -0.1) is 0 Å². The zero-order valence-electron chi connectivity index (χ0n) is 13.1. The number of ether oxygens (including phenoxy) is 1. The molecule has 2 aromatic rings. The molecule has 3 heteroatoms. The second-order valence-corrected chi connectivity index (χ2v) is 5.93. The summed E-state index contributed by atoms with van der Waals surface area (Å²) in [5.74, 6) is 0.891. The molecule has 0 aromatic heterocycles. The number of hydrogen-bond acceptors (Lipinski definition) is 2. The molecule has 116 valence electrons. The molecular weight excluding hydrogens is 308 g/mol. The van der Waals surface area contributed by atoms with Crippen LogP contribution in [-0.2, 0) is 0 Å². The first-order chi connectivity index (χ1) is 11.1. The van der Waals surface area contributed by atoms with E-state index in [2.05, 4.69) is 0 Å². The van der Waals surface area contributed by atoms with Crippen LogP contribution in [0.3, 0.4) is 0 Å². The van der Waals surface area contributed by atoms with Gasteiger partial charge in [0.2, 0.25) is 5.78 Å². The number of fused-ring (bicyclic) bond motifs is 1. The average Bonchev–Trinajstić information content (AvgIpc) is 2.86. The molecule has 0 unspecified atom stereocenters. The summed E-state index contributed by atoms with van der Waals surface area (Å²) < 4.78 is 5.71. The third-order valence-corrected chi connectivity index (χ3v) is 4.45. The predicted molar refractivity (Wildman–Crippen MR) is 94.1 cm³/mol. The average molecular weight is 325 g/mol. The summed E-state index contributed by atoms with van der Waals surface area (Å²) in [6.45, 7) is 3.77. The highest BCUT2D eigenvalue weighted by Crippen LogP contribution is 2.38. The first-order valence-electron chi connectivity index (χ1n) is 7.52. The molecule has 0 atom stereocenters. The maximum atomic E-state index is 12.5. The lowest BCUT2D eigenvalue weighted by atomic mass is 10.0. The molecule has 3 rings (SSSR count). The van der Waals surface area contributed by atoms with E-state index < -0.39 is 0 Å². The molecule has 23 heavy (non-hydrogen) atoms. The minimum absolute atomic E-state index is 0.0903. The van der Waals surface area contributed by atoms with Gasteiger partial charge in [0.25, 0.3) is 0 Å². The highest BCUT2D eigenvalue weighted by atomic mass is 35.5. The molecule has 0 radical (unpaired) electrons. The van der Waals surface area contributed by atoms with Crippen molar-refractivity contribution < 1.29 is 9.53 Å². The molecule has 0 saturated heterocycles. The van der Waals surface area contributed by atoms with Gasteiger partial charge in [-0.25, -0.2) is 0 Å². The Kier molecular flexibility index (Phi) is 4.35. The van der Waals surface area contributed by atoms with Crippen molar-refractivity contribution in [2.45, 2.75) is 20.3 Å². The zero-order chi connectivity index (χ0) is 16.4. The van der Waals surface area contributed by atoms with Gasteiger partial charge in [0, 0.05) is 5.02 Å². The fourth-order valence-electron chi connectivity index (χ4n) is 2.65. The van der Waals surface area contributed by atoms with Crippen molar-refractivity contribution in [3.05, 3.63) is 81.6 Å². The summed E-state index contributed by atoms with van der Waals surface area (Å²) >= 11 is 6.23. The Balaban J connectivity index is 1.77. The molecule has 1 aliphatic rings. The van der Waals surface area contributed by atoms with Crippen LogP contribution >= 0.6 is 11.6 Å². The van der Waals surface area contributed by atoms with Crippen molar-refractivity contribution in [1.82, 2.24) is 0 Å². The quantitative estimate of drug-likeness (QED) is 0.695. The Morgan fingerprint density at radius 1 is 1.17 bits per heavy atom. The van der Waals surface area contributed by atoms with E-state index in [9.17, 15) is 4.79 Å². The van der Waals surface area contributed by atoms with Crippen LogP contribution in [0.15, 0.2) is 54.3 Å². The molecule has 2 aromatic carbocycles. The third kappa shape index (κ3) is 3.08. The summed E-state index contributed by atoms with van der Waals surface area (Å²) in [7, 11) is 0. The Morgan fingerprint density at radius 3 is 2.65 bits per heavy atom. The number of Topliss-reactive ketones (excluding diaryl/α,β-unsaturated/α-hetero) is 1. The van der Waals surface area contributed by atoms with Gasteiger partial charge in [0.1, 0.15) is 5.75 Å². The second-order valence-electron chi connectivity index (χ2n) is 5.55. The van der Waals surface area contributed by atoms with E-state index in [0.29, 0.717) is 28.5 Å². The Bertz CT molecular complexity index is 817. The molecule has 0 N–H and O–H groups in total. The van der Waals surface area contributed by atoms with Crippen LogP contribution in [0.2, 0.25) is 5.02 Å². The van der Waals surface area contributed by atoms with E-state index in [4.69, 9.17) is 16.3 Å². The number of ketones is 1. The molecule has 0 aliphatic carbocycles. The highest BCUT2D eigenvalue weighted by molar-refractivity contribution is 6.33. The number of carbonyl (C=O) groups excluding carboxylic acids is 1. The third-order valence-electron chi connectivity index (χ3n) is 3.86. The summed E-state index contributed by atoms with van der Waals surface area (Å²) in [5, 5.41) is 0.630. The van der Waals surface area contributed by atoms with Gasteiger partial charge < -0.3 is 4.74 Å². The van der Waals surface area contributed by atoms with Gasteiger partial charge in [-0.1, -0.05) is 54.1 Å². The van der Waals surface area contributed by atoms with Gasteiger partial charge in [0.05, 0.1) is 5.56 Å². The first-order valence-corrected chi connectivity index (χ1v) is 7.89. The summed E-state index contributed by atoms with van der Waals surface area (Å²) in [6.07, 6.45) is 6.48. The van der Waals surface area contributed by atoms with Crippen LogP contribution in [-0.4, -0.2) is 5.78 Å². The van der Waals surface area contributed by atoms with E-state index in [1.54, 1.807) is 0 Å². The predicted octanol–water partition coefficient (Wildman–Crippen LogP) is 5.52. The summed E-state index contributed by atoms with van der Waals surface area (Å²) in [5.41, 5.74) is 3.42. The summed E-state index contributed by atoms with van der Waals surface area (Å²) in [6, 6.07) is 11.9. The van der Waals surface area contributed by atoms with Crippen LogP contribution in [0.5, 0.6) is 5.75 Å². The minimum atomic E-state index is -0.0903. The molecule has 1 aliphatic heterocycles. The van der Waals surface area contributed by atoms with Crippen molar-refractivity contribution in [3.63, 3.8) is 0 Å². The van der Waals surface area contributed by atoms with Crippen molar-refractivity contribution in [2.75, 3.05) is 0 Å². The van der Waals surface area contributed by atoms with E-state index in [0.717, 1.165) is 16.7 Å². The number of carbonyl (C=O) groups is 1. The monoisotopic (exact) mass is 324 g/mol.